The second kappa shape index (κ2) is 12.0. The maximum absolute atomic E-state index is 12.0. The number of ether oxygens (including phenoxy) is 1. The van der Waals surface area contributed by atoms with E-state index in [1.54, 1.807) is 0 Å². The number of para-hydroxylation sites is 1. The van der Waals surface area contributed by atoms with Gasteiger partial charge >= 0.3 is 0 Å². The highest BCUT2D eigenvalue weighted by atomic mass is 32.2. The molecule has 3 rings (SSSR count). The average molecular weight is 431 g/mol. The van der Waals surface area contributed by atoms with Crippen LogP contribution in [0.5, 0.6) is 5.75 Å². The van der Waals surface area contributed by atoms with Gasteiger partial charge in [0.1, 0.15) is 5.75 Å². The molecular formula is C23H30N2O2S2. The zero-order valence-corrected chi connectivity index (χ0v) is 18.6. The lowest BCUT2D eigenvalue weighted by atomic mass is 10.2. The van der Waals surface area contributed by atoms with Gasteiger partial charge in [0.15, 0.2) is 6.61 Å². The molecule has 0 atom stereocenters. The molecule has 2 aromatic carbocycles. The fourth-order valence-corrected chi connectivity index (χ4v) is 6.01. The first-order valence-electron chi connectivity index (χ1n) is 10.2. The summed E-state index contributed by atoms with van der Waals surface area (Å²) in [5.74, 6) is 3.15. The van der Waals surface area contributed by atoms with Gasteiger partial charge in [0, 0.05) is 25.8 Å². The molecule has 0 radical (unpaired) electrons. The van der Waals surface area contributed by atoms with Crippen molar-refractivity contribution in [1.82, 2.24) is 5.32 Å². The van der Waals surface area contributed by atoms with E-state index in [-0.39, 0.29) is 12.5 Å². The number of hydrogen-bond donors (Lipinski definition) is 1. The van der Waals surface area contributed by atoms with Crippen LogP contribution in [0.1, 0.15) is 29.4 Å². The number of amides is 1. The Morgan fingerprint density at radius 1 is 1.07 bits per heavy atom. The molecule has 1 amide bonds. The molecule has 4 nitrogen and oxygen atoms in total. The Morgan fingerprint density at radius 3 is 2.52 bits per heavy atom. The van der Waals surface area contributed by atoms with Gasteiger partial charge in [-0.2, -0.15) is 0 Å². The summed E-state index contributed by atoms with van der Waals surface area (Å²) >= 11 is 4.02. The van der Waals surface area contributed by atoms with Gasteiger partial charge in [-0.1, -0.05) is 30.3 Å². The molecule has 1 fully saturated rings. The molecule has 2 aromatic rings. The molecule has 0 saturated carbocycles. The minimum atomic E-state index is -0.0658. The van der Waals surface area contributed by atoms with Crippen LogP contribution in [0.4, 0.5) is 5.69 Å². The van der Waals surface area contributed by atoms with E-state index in [4.69, 9.17) is 4.74 Å². The van der Waals surface area contributed by atoms with Crippen LogP contribution in [0.25, 0.3) is 0 Å². The number of thioether (sulfide) groups is 2. The van der Waals surface area contributed by atoms with Crippen molar-refractivity contribution in [3.63, 3.8) is 0 Å². The van der Waals surface area contributed by atoms with Crippen LogP contribution in [-0.2, 0) is 4.79 Å². The second-order valence-corrected chi connectivity index (χ2v) is 9.82. The summed E-state index contributed by atoms with van der Waals surface area (Å²) in [6.45, 7) is 1.72. The number of nitrogens with one attached hydrogen (secondary N) is 1. The van der Waals surface area contributed by atoms with Crippen molar-refractivity contribution < 1.29 is 9.53 Å². The zero-order valence-electron chi connectivity index (χ0n) is 17.0. The van der Waals surface area contributed by atoms with Crippen molar-refractivity contribution in [2.24, 2.45) is 0 Å². The average Bonchev–Trinajstić information content (AvgIpc) is 2.79. The summed E-state index contributed by atoms with van der Waals surface area (Å²) in [4.78, 5) is 14.2. The SMILES string of the molecule is CN(CCCCNC(=O)COc1ccc(C2SCCCS2)cc1)c1ccccc1. The molecule has 0 unspecified atom stereocenters. The first-order chi connectivity index (χ1) is 14.2. The first kappa shape index (κ1) is 21.9. The summed E-state index contributed by atoms with van der Waals surface area (Å²) in [5, 5.41) is 2.94. The molecule has 1 aliphatic heterocycles. The van der Waals surface area contributed by atoms with E-state index in [0.29, 0.717) is 11.1 Å². The monoisotopic (exact) mass is 430 g/mol. The van der Waals surface area contributed by atoms with E-state index in [1.165, 1.54) is 29.2 Å². The highest BCUT2D eigenvalue weighted by Gasteiger charge is 2.16. The van der Waals surface area contributed by atoms with E-state index in [0.717, 1.165) is 25.1 Å². The molecule has 156 valence electrons. The molecule has 0 aromatic heterocycles. The fourth-order valence-electron chi connectivity index (χ4n) is 3.11. The Hall–Kier alpha value is -1.79. The van der Waals surface area contributed by atoms with Crippen LogP contribution in [0.15, 0.2) is 54.6 Å². The Kier molecular flexibility index (Phi) is 9.09. The van der Waals surface area contributed by atoms with E-state index < -0.39 is 0 Å². The smallest absolute Gasteiger partial charge is 0.257 e. The fraction of sp³-hybridized carbons (Fsp3) is 0.435. The van der Waals surface area contributed by atoms with Crippen LogP contribution in [-0.4, -0.2) is 44.2 Å². The molecule has 1 heterocycles. The van der Waals surface area contributed by atoms with E-state index in [2.05, 4.69) is 41.5 Å². The van der Waals surface area contributed by atoms with Gasteiger partial charge in [0.05, 0.1) is 4.58 Å². The molecule has 0 bridgehead atoms. The Bertz CT molecular complexity index is 734. The van der Waals surface area contributed by atoms with E-state index in [1.807, 2.05) is 53.9 Å². The van der Waals surface area contributed by atoms with Crippen LogP contribution in [0.3, 0.4) is 0 Å². The van der Waals surface area contributed by atoms with E-state index in [9.17, 15) is 4.79 Å². The Balaban J connectivity index is 1.28. The lowest BCUT2D eigenvalue weighted by molar-refractivity contribution is -0.123. The summed E-state index contributed by atoms with van der Waals surface area (Å²) < 4.78 is 6.16. The minimum Gasteiger partial charge on any atom is -0.484 e. The van der Waals surface area contributed by atoms with Gasteiger partial charge in [0.2, 0.25) is 0 Å². The molecule has 29 heavy (non-hydrogen) atoms. The molecule has 6 heteroatoms. The largest absolute Gasteiger partial charge is 0.484 e. The minimum absolute atomic E-state index is 0.0657. The Labute approximate surface area is 182 Å². The standard InChI is InChI=1S/C23H30N2O2S2/c1-25(20-8-3-2-4-9-20)15-6-5-14-24-22(26)18-27-21-12-10-19(11-13-21)23-28-16-7-17-29-23/h2-4,8-13,23H,5-7,14-18H2,1H3,(H,24,26). The van der Waals surface area contributed by atoms with Crippen molar-refractivity contribution in [2.75, 3.05) is 43.1 Å². The number of carbonyl (C=O) groups excluding carboxylic acids is 1. The molecule has 0 spiro atoms. The number of nitrogens with zero attached hydrogens (tertiary/aromatic N) is 1. The number of benzene rings is 2. The normalized spacial score (nSPS) is 14.4. The van der Waals surface area contributed by atoms with Crippen molar-refractivity contribution in [3.8, 4) is 5.75 Å². The van der Waals surface area contributed by atoms with Gasteiger partial charge in [-0.15, -0.1) is 23.5 Å². The molecule has 1 N–H and O–H groups in total. The molecular weight excluding hydrogens is 400 g/mol. The first-order valence-corrected chi connectivity index (χ1v) is 12.3. The van der Waals surface area contributed by atoms with Crippen molar-refractivity contribution >= 4 is 35.1 Å². The third-order valence-electron chi connectivity index (χ3n) is 4.79. The van der Waals surface area contributed by atoms with Crippen LogP contribution < -0.4 is 15.0 Å². The van der Waals surface area contributed by atoms with Crippen molar-refractivity contribution in [1.29, 1.82) is 0 Å². The number of anilines is 1. The quantitative estimate of drug-likeness (QED) is 0.539. The highest BCUT2D eigenvalue weighted by molar-refractivity contribution is 8.16. The topological polar surface area (TPSA) is 41.6 Å². The number of unbranched alkanes of at least 4 members (excludes halogenated alkanes) is 1. The van der Waals surface area contributed by atoms with Crippen LogP contribution in [0, 0.1) is 0 Å². The number of rotatable bonds is 10. The van der Waals surface area contributed by atoms with Crippen LogP contribution >= 0.6 is 23.5 Å². The Morgan fingerprint density at radius 2 is 1.79 bits per heavy atom. The van der Waals surface area contributed by atoms with E-state index >= 15 is 0 Å². The maximum Gasteiger partial charge on any atom is 0.257 e. The molecule has 1 saturated heterocycles. The lowest BCUT2D eigenvalue weighted by Crippen LogP contribution is -2.30. The molecule has 1 aliphatic rings. The third kappa shape index (κ3) is 7.52. The third-order valence-corrected chi connectivity index (χ3v) is 7.80. The number of carbonyl (C=O) groups is 1. The van der Waals surface area contributed by atoms with Gasteiger partial charge in [-0.25, -0.2) is 0 Å². The molecule has 0 aliphatic carbocycles. The summed E-state index contributed by atoms with van der Waals surface area (Å²) in [7, 11) is 2.10. The number of hydrogen-bond acceptors (Lipinski definition) is 5. The lowest BCUT2D eigenvalue weighted by Gasteiger charge is -2.21. The maximum atomic E-state index is 12.0. The summed E-state index contributed by atoms with van der Waals surface area (Å²) in [6.07, 6.45) is 3.28. The summed E-state index contributed by atoms with van der Waals surface area (Å²) in [5.41, 5.74) is 2.55. The van der Waals surface area contributed by atoms with Crippen molar-refractivity contribution in [3.05, 3.63) is 60.2 Å². The highest BCUT2D eigenvalue weighted by Crippen LogP contribution is 2.43. The predicted molar refractivity (Wildman–Crippen MR) is 126 cm³/mol. The van der Waals surface area contributed by atoms with Crippen molar-refractivity contribution in [2.45, 2.75) is 23.8 Å². The van der Waals surface area contributed by atoms with Crippen LogP contribution in [0.2, 0.25) is 0 Å². The summed E-state index contributed by atoms with van der Waals surface area (Å²) in [6, 6.07) is 18.5. The van der Waals surface area contributed by atoms with Gasteiger partial charge in [-0.3, -0.25) is 4.79 Å². The van der Waals surface area contributed by atoms with Gasteiger partial charge in [0.25, 0.3) is 5.91 Å². The van der Waals surface area contributed by atoms with Gasteiger partial charge in [-0.05, 0) is 60.6 Å². The predicted octanol–water partition coefficient (Wildman–Crippen LogP) is 4.97. The zero-order chi connectivity index (χ0) is 20.3. The van der Waals surface area contributed by atoms with Gasteiger partial charge < -0.3 is 15.0 Å². The second-order valence-electron chi connectivity index (χ2n) is 7.10.